The van der Waals surface area contributed by atoms with Gasteiger partial charge in [-0.05, 0) is 18.1 Å². The molecule has 1 rings (SSSR count). The van der Waals surface area contributed by atoms with Crippen LogP contribution >= 0.6 is 0 Å². The average molecular weight is 306 g/mol. The van der Waals surface area contributed by atoms with Crippen LogP contribution in [0.5, 0.6) is 0 Å². The Morgan fingerprint density at radius 2 is 2.00 bits per heavy atom. The maximum absolute atomic E-state index is 13.9. The number of rotatable bonds is 5. The van der Waals surface area contributed by atoms with Crippen LogP contribution in [-0.4, -0.2) is 20.9 Å². The van der Waals surface area contributed by atoms with Crippen LogP contribution in [0.2, 0.25) is 0 Å². The lowest BCUT2D eigenvalue weighted by Gasteiger charge is -2.12. The van der Waals surface area contributed by atoms with Gasteiger partial charge in [-0.15, -0.1) is 0 Å². The van der Waals surface area contributed by atoms with Gasteiger partial charge in [-0.2, -0.15) is 0 Å². The molecule has 0 bridgehead atoms. The monoisotopic (exact) mass is 306 g/mol. The molecule has 3 N–H and O–H groups in total. The van der Waals surface area contributed by atoms with Crippen LogP contribution in [-0.2, 0) is 10.0 Å². The lowest BCUT2D eigenvalue weighted by molar-refractivity contribution is 0.0938. The van der Waals surface area contributed by atoms with Crippen LogP contribution in [0.15, 0.2) is 17.0 Å². The van der Waals surface area contributed by atoms with Crippen molar-refractivity contribution in [2.24, 2.45) is 11.1 Å². The number of benzene rings is 1. The second-order valence-corrected chi connectivity index (χ2v) is 6.03. The van der Waals surface area contributed by atoms with Crippen molar-refractivity contribution >= 4 is 15.9 Å². The molecule has 1 amide bonds. The van der Waals surface area contributed by atoms with Crippen LogP contribution in [0, 0.1) is 17.6 Å². The molecule has 112 valence electrons. The van der Waals surface area contributed by atoms with E-state index >= 15 is 0 Å². The molecule has 1 aromatic rings. The molecular weight excluding hydrogens is 290 g/mol. The fourth-order valence-electron chi connectivity index (χ4n) is 1.46. The van der Waals surface area contributed by atoms with Crippen molar-refractivity contribution in [2.75, 3.05) is 6.54 Å². The first kappa shape index (κ1) is 16.5. The summed E-state index contributed by atoms with van der Waals surface area (Å²) in [5.41, 5.74) is -0.945. The minimum absolute atomic E-state index is 0.131. The van der Waals surface area contributed by atoms with Gasteiger partial charge in [0.05, 0.1) is 0 Å². The van der Waals surface area contributed by atoms with Gasteiger partial charge in [-0.3, -0.25) is 4.79 Å². The lowest BCUT2D eigenvalue weighted by Crippen LogP contribution is -2.30. The highest BCUT2D eigenvalue weighted by Crippen LogP contribution is 2.20. The zero-order valence-electron chi connectivity index (χ0n) is 11.1. The second kappa shape index (κ2) is 6.27. The summed E-state index contributed by atoms with van der Waals surface area (Å²) in [7, 11) is -4.36. The van der Waals surface area contributed by atoms with E-state index in [4.69, 9.17) is 5.14 Å². The number of nitrogens with two attached hydrogens (primary N) is 1. The number of sulfonamides is 1. The Hall–Kier alpha value is -1.54. The third-order valence-electron chi connectivity index (χ3n) is 2.90. The standard InChI is InChI=1S/C12H16F2N2O3S/c1-3-7(2)6-16-12(17)10-8(13)4-5-9(11(10)14)20(15,18)19/h4-5,7H,3,6H2,1-2H3,(H,16,17)(H2,15,18,19). The predicted octanol–water partition coefficient (Wildman–Crippen LogP) is 1.39. The third kappa shape index (κ3) is 3.73. The Labute approximate surface area is 116 Å². The van der Waals surface area contributed by atoms with Gasteiger partial charge >= 0.3 is 0 Å². The van der Waals surface area contributed by atoms with E-state index in [0.717, 1.165) is 6.42 Å². The molecular formula is C12H16F2N2O3S. The van der Waals surface area contributed by atoms with Crippen molar-refractivity contribution < 1.29 is 22.0 Å². The summed E-state index contributed by atoms with van der Waals surface area (Å²) in [6.07, 6.45) is 0.780. The summed E-state index contributed by atoms with van der Waals surface area (Å²) in [5, 5.41) is 7.15. The largest absolute Gasteiger partial charge is 0.352 e. The van der Waals surface area contributed by atoms with Crippen molar-refractivity contribution in [3.05, 3.63) is 29.3 Å². The van der Waals surface area contributed by atoms with E-state index in [2.05, 4.69) is 5.32 Å². The van der Waals surface area contributed by atoms with Crippen molar-refractivity contribution in [3.8, 4) is 0 Å². The summed E-state index contributed by atoms with van der Waals surface area (Å²) in [6.45, 7) is 3.99. The number of carbonyl (C=O) groups is 1. The fourth-order valence-corrected chi connectivity index (χ4v) is 2.07. The van der Waals surface area contributed by atoms with E-state index in [1.54, 1.807) is 0 Å². The van der Waals surface area contributed by atoms with E-state index in [-0.39, 0.29) is 12.5 Å². The average Bonchev–Trinajstić information content (AvgIpc) is 2.34. The zero-order chi connectivity index (χ0) is 15.5. The first-order valence-electron chi connectivity index (χ1n) is 5.97. The molecule has 1 aromatic carbocycles. The molecule has 0 aliphatic heterocycles. The molecule has 0 saturated heterocycles. The SMILES string of the molecule is CCC(C)CNC(=O)c1c(F)ccc(S(N)(=O)=O)c1F. The number of amides is 1. The van der Waals surface area contributed by atoms with Gasteiger partial charge in [0.25, 0.3) is 5.91 Å². The van der Waals surface area contributed by atoms with Gasteiger partial charge in [-0.1, -0.05) is 20.3 Å². The first-order chi connectivity index (χ1) is 9.18. The number of nitrogens with one attached hydrogen (secondary N) is 1. The number of hydrogen-bond acceptors (Lipinski definition) is 3. The number of primary sulfonamides is 1. The Bertz CT molecular complexity index is 617. The van der Waals surface area contributed by atoms with Gasteiger partial charge in [0.2, 0.25) is 10.0 Å². The minimum atomic E-state index is -4.36. The van der Waals surface area contributed by atoms with E-state index in [1.807, 2.05) is 13.8 Å². The maximum atomic E-state index is 13.9. The highest BCUT2D eigenvalue weighted by atomic mass is 32.2. The molecule has 0 heterocycles. The van der Waals surface area contributed by atoms with Gasteiger partial charge in [0.15, 0.2) is 5.82 Å². The molecule has 1 unspecified atom stereocenters. The maximum Gasteiger partial charge on any atom is 0.257 e. The van der Waals surface area contributed by atoms with Crippen molar-refractivity contribution in [1.29, 1.82) is 0 Å². The summed E-state index contributed by atoms with van der Waals surface area (Å²) >= 11 is 0. The quantitative estimate of drug-likeness (QED) is 0.861. The number of hydrogen-bond donors (Lipinski definition) is 2. The fraction of sp³-hybridized carbons (Fsp3) is 0.417. The topological polar surface area (TPSA) is 89.3 Å². The molecule has 5 nitrogen and oxygen atoms in total. The van der Waals surface area contributed by atoms with Crippen LogP contribution in [0.1, 0.15) is 30.6 Å². The summed E-state index contributed by atoms with van der Waals surface area (Å²) in [6, 6.07) is 1.38. The molecule has 20 heavy (non-hydrogen) atoms. The molecule has 1 atom stereocenters. The molecule has 0 radical (unpaired) electrons. The minimum Gasteiger partial charge on any atom is -0.352 e. The summed E-state index contributed by atoms with van der Waals surface area (Å²) in [5.74, 6) is -3.50. The normalized spacial score (nSPS) is 13.1. The molecule has 8 heteroatoms. The van der Waals surface area contributed by atoms with E-state index < -0.39 is 38.0 Å². The van der Waals surface area contributed by atoms with E-state index in [9.17, 15) is 22.0 Å². The first-order valence-corrected chi connectivity index (χ1v) is 7.52. The van der Waals surface area contributed by atoms with E-state index in [0.29, 0.717) is 12.1 Å². The molecule has 0 aliphatic carbocycles. The van der Waals surface area contributed by atoms with Crippen LogP contribution in [0.4, 0.5) is 8.78 Å². The second-order valence-electron chi connectivity index (χ2n) is 4.50. The van der Waals surface area contributed by atoms with Crippen LogP contribution in [0.25, 0.3) is 0 Å². The molecule has 0 aromatic heterocycles. The van der Waals surface area contributed by atoms with Crippen LogP contribution in [0.3, 0.4) is 0 Å². The molecule has 0 saturated carbocycles. The van der Waals surface area contributed by atoms with Gasteiger partial charge in [0.1, 0.15) is 16.3 Å². The lowest BCUT2D eigenvalue weighted by atomic mass is 10.1. The van der Waals surface area contributed by atoms with Crippen molar-refractivity contribution in [2.45, 2.75) is 25.2 Å². The highest BCUT2D eigenvalue weighted by Gasteiger charge is 2.25. The van der Waals surface area contributed by atoms with Crippen molar-refractivity contribution in [3.63, 3.8) is 0 Å². The highest BCUT2D eigenvalue weighted by molar-refractivity contribution is 7.89. The Balaban J connectivity index is 3.15. The number of halogens is 2. The van der Waals surface area contributed by atoms with Crippen molar-refractivity contribution in [1.82, 2.24) is 5.32 Å². The third-order valence-corrected chi connectivity index (χ3v) is 3.83. The predicted molar refractivity (Wildman–Crippen MR) is 69.5 cm³/mol. The Kier molecular flexibility index (Phi) is 5.18. The molecule has 0 fully saturated rings. The number of carbonyl (C=O) groups excluding carboxylic acids is 1. The summed E-state index contributed by atoms with van der Waals surface area (Å²) in [4.78, 5) is 10.8. The smallest absolute Gasteiger partial charge is 0.257 e. The molecule has 0 aliphatic rings. The van der Waals surface area contributed by atoms with Gasteiger partial charge < -0.3 is 5.32 Å². The van der Waals surface area contributed by atoms with Crippen LogP contribution < -0.4 is 10.5 Å². The van der Waals surface area contributed by atoms with Gasteiger partial charge in [-0.25, -0.2) is 22.3 Å². The van der Waals surface area contributed by atoms with E-state index in [1.165, 1.54) is 0 Å². The zero-order valence-corrected chi connectivity index (χ0v) is 11.9. The Morgan fingerprint density at radius 1 is 1.40 bits per heavy atom. The summed E-state index contributed by atoms with van der Waals surface area (Å²) < 4.78 is 49.7. The Morgan fingerprint density at radius 3 is 2.50 bits per heavy atom. The molecule has 0 spiro atoms. The van der Waals surface area contributed by atoms with Gasteiger partial charge in [0, 0.05) is 6.54 Å².